The molecule has 0 bridgehead atoms. The van der Waals surface area contributed by atoms with E-state index in [1.165, 1.54) is 10.1 Å². The van der Waals surface area contributed by atoms with Crippen LogP contribution in [0.15, 0.2) is 85.0 Å². The van der Waals surface area contributed by atoms with Crippen LogP contribution in [-0.4, -0.2) is 129 Å². The fourth-order valence-corrected chi connectivity index (χ4v) is 11.8. The van der Waals surface area contributed by atoms with Gasteiger partial charge in [-0.2, -0.15) is 0 Å². The second-order valence-corrected chi connectivity index (χ2v) is 35.1. The summed E-state index contributed by atoms with van der Waals surface area (Å²) in [4.78, 5) is 49.4. The second-order valence-electron chi connectivity index (χ2n) is 21.4. The molecule has 0 radical (unpaired) electrons. The molecular weight excluding hydrogens is 897 g/mol. The lowest BCUT2D eigenvalue weighted by molar-refractivity contribution is -0.282. The molecule has 0 saturated carbocycles. The lowest BCUT2D eigenvalue weighted by atomic mass is 9.66. The van der Waals surface area contributed by atoms with E-state index in [9.17, 15) is 29.7 Å². The third-order valence-electron chi connectivity index (χ3n) is 12.9. The number of amides is 2. The van der Waals surface area contributed by atoms with Crippen molar-refractivity contribution in [3.8, 4) is 0 Å². The fraction of sp³-hybridized carbons (Fsp3) is 0.604. The number of hydrogen-bond donors (Lipinski definition) is 3. The van der Waals surface area contributed by atoms with Gasteiger partial charge in [-0.1, -0.05) is 107 Å². The van der Waals surface area contributed by atoms with E-state index in [4.69, 9.17) is 32.4 Å². The normalized spacial score (nSPS) is 29.9. The highest BCUT2D eigenvalue weighted by Gasteiger charge is 2.66. The number of ether oxygens (including phenoxy) is 2. The molecule has 18 heteroatoms. The van der Waals surface area contributed by atoms with Gasteiger partial charge in [0.1, 0.15) is 54.3 Å². The van der Waals surface area contributed by atoms with Crippen LogP contribution in [0.1, 0.15) is 58.6 Å². The molecule has 2 aliphatic carbocycles. The highest BCUT2D eigenvalue weighted by molar-refractivity contribution is 6.74. The van der Waals surface area contributed by atoms with Gasteiger partial charge in [0.25, 0.3) is 0 Å². The first-order valence-electron chi connectivity index (χ1n) is 22.8. The minimum absolute atomic E-state index is 0.110. The molecule has 15 nitrogen and oxygen atoms in total. The SMILES string of the molecule is CCOC(=O)OC[C@]1(O)C=C[C@]2(CC(=O)N2OCc2ccccc2)[C@H](O[Si](C)(C)C)[C@@H]1O[Si](C)(C)C(C)(C)C.C[C@H]1[C@@H](O[Si](C)(C)C)[C@]2(C=C[C@@]1(O)CO)CC(=O)N2OCc1ccccc1. The number of β-lactam (4-membered cyclic amide) rings is 2. The van der Waals surface area contributed by atoms with Gasteiger partial charge in [0.15, 0.2) is 25.0 Å². The minimum Gasteiger partial charge on any atom is -0.435 e. The van der Waals surface area contributed by atoms with E-state index in [0.29, 0.717) is 0 Å². The molecule has 2 saturated heterocycles. The van der Waals surface area contributed by atoms with Crippen molar-refractivity contribution >= 4 is 42.9 Å². The Labute approximate surface area is 394 Å². The zero-order valence-electron chi connectivity index (χ0n) is 41.2. The van der Waals surface area contributed by atoms with Crippen molar-refractivity contribution in [2.24, 2.45) is 5.92 Å². The molecule has 2 heterocycles. The molecule has 8 atom stereocenters. The highest BCUT2D eigenvalue weighted by Crippen LogP contribution is 2.50. The van der Waals surface area contributed by atoms with Gasteiger partial charge in [-0.05, 0) is 81.5 Å². The quantitative estimate of drug-likeness (QED) is 0.0655. The van der Waals surface area contributed by atoms with Gasteiger partial charge in [0.05, 0.1) is 32.2 Å². The van der Waals surface area contributed by atoms with Crippen molar-refractivity contribution in [1.82, 2.24) is 10.1 Å². The molecule has 2 aromatic rings. The summed E-state index contributed by atoms with van der Waals surface area (Å²) in [6, 6.07) is 19.3. The molecule has 0 aromatic heterocycles. The maximum atomic E-state index is 13.0. The van der Waals surface area contributed by atoms with E-state index in [1.54, 1.807) is 31.2 Å². The molecule has 2 spiro atoms. The molecule has 3 N–H and O–H groups in total. The van der Waals surface area contributed by atoms with Crippen molar-refractivity contribution < 1.29 is 62.1 Å². The molecular formula is C48H74N2O13Si3. The maximum Gasteiger partial charge on any atom is 0.508 e. The fourth-order valence-electron chi connectivity index (χ4n) is 8.23. The van der Waals surface area contributed by atoms with Crippen LogP contribution in [0.25, 0.3) is 0 Å². The van der Waals surface area contributed by atoms with Gasteiger partial charge in [-0.15, -0.1) is 0 Å². The molecule has 66 heavy (non-hydrogen) atoms. The zero-order chi connectivity index (χ0) is 49.1. The maximum absolute atomic E-state index is 13.0. The largest absolute Gasteiger partial charge is 0.508 e. The lowest BCUT2D eigenvalue weighted by Gasteiger charge is -2.60. The number of hydroxylamine groups is 4. The summed E-state index contributed by atoms with van der Waals surface area (Å²) >= 11 is 0. The van der Waals surface area contributed by atoms with Gasteiger partial charge in [-0.25, -0.2) is 14.9 Å². The van der Waals surface area contributed by atoms with Gasteiger partial charge in [0.2, 0.25) is 11.8 Å². The van der Waals surface area contributed by atoms with Crippen LogP contribution in [0.3, 0.4) is 0 Å². The number of carbonyl (C=O) groups is 3. The van der Waals surface area contributed by atoms with E-state index in [1.807, 2.05) is 87.2 Å². The molecule has 366 valence electrons. The molecule has 4 aliphatic rings. The molecule has 2 amide bonds. The van der Waals surface area contributed by atoms with E-state index in [0.717, 1.165) is 11.1 Å². The highest BCUT2D eigenvalue weighted by atomic mass is 28.4. The Balaban J connectivity index is 0.000000264. The number of rotatable bonds is 16. The summed E-state index contributed by atoms with van der Waals surface area (Å²) in [7, 11) is -6.77. The summed E-state index contributed by atoms with van der Waals surface area (Å²) in [5, 5.41) is 35.1. The average molecular weight is 971 g/mol. The van der Waals surface area contributed by atoms with Gasteiger partial charge >= 0.3 is 6.16 Å². The summed E-state index contributed by atoms with van der Waals surface area (Å²) in [6.07, 6.45) is 4.04. The Morgan fingerprint density at radius 1 is 0.667 bits per heavy atom. The van der Waals surface area contributed by atoms with Crippen LogP contribution in [0.5, 0.6) is 0 Å². The predicted octanol–water partition coefficient (Wildman–Crippen LogP) is 7.41. The third kappa shape index (κ3) is 11.8. The smallest absolute Gasteiger partial charge is 0.435 e. The number of nitrogens with zero attached hydrogens (tertiary/aromatic N) is 2. The summed E-state index contributed by atoms with van der Waals surface area (Å²) in [5.74, 6) is -0.685. The first kappa shape index (κ1) is 53.4. The Morgan fingerprint density at radius 3 is 1.52 bits per heavy atom. The predicted molar refractivity (Wildman–Crippen MR) is 257 cm³/mol. The Bertz CT molecular complexity index is 2060. The Hall–Kier alpha value is -3.54. The minimum atomic E-state index is -2.51. The van der Waals surface area contributed by atoms with Crippen molar-refractivity contribution in [3.63, 3.8) is 0 Å². The van der Waals surface area contributed by atoms with Crippen LogP contribution < -0.4 is 0 Å². The first-order chi connectivity index (χ1) is 30.6. The second kappa shape index (κ2) is 20.2. The lowest BCUT2D eigenvalue weighted by Crippen LogP contribution is -2.77. The molecule has 2 aliphatic heterocycles. The average Bonchev–Trinajstić information content (AvgIpc) is 3.22. The van der Waals surface area contributed by atoms with Crippen LogP contribution in [0.2, 0.25) is 57.4 Å². The number of benzene rings is 2. The van der Waals surface area contributed by atoms with Crippen LogP contribution >= 0.6 is 0 Å². The monoisotopic (exact) mass is 970 g/mol. The number of aliphatic hydroxyl groups excluding tert-OH is 1. The zero-order valence-corrected chi connectivity index (χ0v) is 44.2. The van der Waals surface area contributed by atoms with Gasteiger partial charge in [-0.3, -0.25) is 19.3 Å². The third-order valence-corrected chi connectivity index (χ3v) is 19.3. The van der Waals surface area contributed by atoms with Gasteiger partial charge in [0, 0.05) is 5.92 Å². The molecule has 2 aromatic carbocycles. The topological polar surface area (TPSA) is 183 Å². The van der Waals surface area contributed by atoms with E-state index in [2.05, 4.69) is 53.5 Å². The van der Waals surface area contributed by atoms with Crippen molar-refractivity contribution in [3.05, 3.63) is 96.1 Å². The van der Waals surface area contributed by atoms with Gasteiger partial charge < -0.3 is 38.1 Å². The molecule has 2 fully saturated rings. The number of carbonyl (C=O) groups excluding carboxylic acids is 3. The van der Waals surface area contributed by atoms with E-state index < -0.39 is 84.2 Å². The van der Waals surface area contributed by atoms with Crippen molar-refractivity contribution in [2.45, 2.75) is 159 Å². The van der Waals surface area contributed by atoms with E-state index in [-0.39, 0.29) is 56.1 Å². The Kier molecular flexibility index (Phi) is 16.3. The van der Waals surface area contributed by atoms with E-state index >= 15 is 0 Å². The summed E-state index contributed by atoms with van der Waals surface area (Å²) in [6.45, 7) is 26.2. The first-order valence-corrected chi connectivity index (χ1v) is 32.6. The summed E-state index contributed by atoms with van der Waals surface area (Å²) < 4.78 is 30.3. The summed E-state index contributed by atoms with van der Waals surface area (Å²) in [5.41, 5.74) is -2.96. The van der Waals surface area contributed by atoms with Crippen molar-refractivity contribution in [1.29, 1.82) is 0 Å². The van der Waals surface area contributed by atoms with Crippen LogP contribution in [0.4, 0.5) is 4.79 Å². The number of hydrogen-bond acceptors (Lipinski definition) is 13. The molecule has 0 unspecified atom stereocenters. The standard InChI is InChI=1S/C28H45NO8Si2.C20H29NO5Si/c1-10-33-25(31)34-20-28(32)17-16-27(18-22(30)29(27)35-19-21-14-12-11-13-15-21)23(36-38(5,6)7)24(28)37-39(8,9)26(2,3)4;1-15-18(26-27(2,3)4)19(10-11-20(15,24)14-22)12-17(23)21(19)25-13-16-8-6-5-7-9-16/h11-17,23-24,32H,10,18-20H2,1-9H3;5-11,15,18,22,24H,12-14H2,1-4H3/t23-,24+,27+,28-;15-,18+,19-,20+/m10/s1. The number of aliphatic hydroxyl groups is 3. The Morgan fingerprint density at radius 2 is 1.11 bits per heavy atom. The van der Waals surface area contributed by atoms with Crippen LogP contribution in [-0.2, 0) is 55.2 Å². The van der Waals surface area contributed by atoms with Crippen molar-refractivity contribution in [2.75, 3.05) is 19.8 Å². The molecule has 6 rings (SSSR count). The van der Waals surface area contributed by atoms with Crippen LogP contribution in [0, 0.1) is 5.92 Å².